The van der Waals surface area contributed by atoms with E-state index in [0.29, 0.717) is 11.5 Å². The van der Waals surface area contributed by atoms with Crippen molar-refractivity contribution < 1.29 is 0 Å². The van der Waals surface area contributed by atoms with E-state index in [9.17, 15) is 0 Å². The Morgan fingerprint density at radius 3 is 2.47 bits per heavy atom. The molecule has 1 heterocycles. The number of rotatable bonds is 4. The molecule has 0 aliphatic carbocycles. The SMILES string of the molecule is CCNC(Cc1ccc(Br)s1)C(C)(C)C. The first kappa shape index (κ1) is 13.2. The van der Waals surface area contributed by atoms with Crippen LogP contribution in [0.25, 0.3) is 0 Å². The van der Waals surface area contributed by atoms with E-state index in [4.69, 9.17) is 0 Å². The van der Waals surface area contributed by atoms with Crippen molar-refractivity contribution in [3.05, 3.63) is 20.8 Å². The maximum atomic E-state index is 3.57. The normalized spacial score (nSPS) is 14.2. The highest BCUT2D eigenvalue weighted by atomic mass is 79.9. The molecule has 1 N–H and O–H groups in total. The number of nitrogens with one attached hydrogen (secondary N) is 1. The van der Waals surface area contributed by atoms with Gasteiger partial charge in [-0.1, -0.05) is 27.7 Å². The van der Waals surface area contributed by atoms with Gasteiger partial charge in [0.1, 0.15) is 0 Å². The predicted octanol–water partition coefficient (Wildman–Crippen LogP) is 4.08. The van der Waals surface area contributed by atoms with Crippen LogP contribution in [0.4, 0.5) is 0 Å². The Balaban J connectivity index is 2.66. The highest BCUT2D eigenvalue weighted by molar-refractivity contribution is 9.11. The lowest BCUT2D eigenvalue weighted by molar-refractivity contribution is 0.271. The quantitative estimate of drug-likeness (QED) is 0.881. The van der Waals surface area contributed by atoms with E-state index in [0.717, 1.165) is 13.0 Å². The van der Waals surface area contributed by atoms with Gasteiger partial charge in [0.2, 0.25) is 0 Å². The molecular weight excluding hydrogens is 270 g/mol. The Morgan fingerprint density at radius 2 is 2.07 bits per heavy atom. The molecule has 0 bridgehead atoms. The first-order valence-corrected chi connectivity index (χ1v) is 7.02. The van der Waals surface area contributed by atoms with Gasteiger partial charge in [-0.25, -0.2) is 0 Å². The molecule has 1 atom stereocenters. The molecule has 3 heteroatoms. The minimum Gasteiger partial charge on any atom is -0.313 e. The zero-order valence-electron chi connectivity index (χ0n) is 9.93. The van der Waals surface area contributed by atoms with Crippen molar-refractivity contribution in [2.75, 3.05) is 6.54 Å². The van der Waals surface area contributed by atoms with Gasteiger partial charge in [-0.15, -0.1) is 11.3 Å². The molecule has 0 amide bonds. The first-order chi connectivity index (χ1) is 6.93. The van der Waals surface area contributed by atoms with E-state index in [-0.39, 0.29) is 0 Å². The lowest BCUT2D eigenvalue weighted by Crippen LogP contribution is -2.41. The molecule has 0 saturated carbocycles. The number of hydrogen-bond donors (Lipinski definition) is 1. The zero-order valence-corrected chi connectivity index (χ0v) is 12.3. The molecule has 0 saturated heterocycles. The molecule has 0 fully saturated rings. The van der Waals surface area contributed by atoms with Crippen LogP contribution in [0.3, 0.4) is 0 Å². The van der Waals surface area contributed by atoms with Crippen molar-refractivity contribution in [3.8, 4) is 0 Å². The largest absolute Gasteiger partial charge is 0.313 e. The van der Waals surface area contributed by atoms with E-state index in [1.165, 1.54) is 8.66 Å². The fraction of sp³-hybridized carbons (Fsp3) is 0.667. The van der Waals surface area contributed by atoms with Crippen LogP contribution < -0.4 is 5.32 Å². The number of likely N-dealkylation sites (N-methyl/N-ethyl adjacent to an activating group) is 1. The minimum absolute atomic E-state index is 0.312. The third-order valence-corrected chi connectivity index (χ3v) is 4.18. The monoisotopic (exact) mass is 289 g/mol. The second kappa shape index (κ2) is 5.46. The van der Waals surface area contributed by atoms with Gasteiger partial charge >= 0.3 is 0 Å². The smallest absolute Gasteiger partial charge is 0.0701 e. The van der Waals surface area contributed by atoms with Crippen LogP contribution in [0.5, 0.6) is 0 Å². The molecule has 0 spiro atoms. The van der Waals surface area contributed by atoms with Gasteiger partial charge in [0.15, 0.2) is 0 Å². The van der Waals surface area contributed by atoms with Crippen LogP contribution in [0.1, 0.15) is 32.6 Å². The van der Waals surface area contributed by atoms with Gasteiger partial charge < -0.3 is 5.32 Å². The number of hydrogen-bond acceptors (Lipinski definition) is 2. The molecule has 0 radical (unpaired) electrons. The molecular formula is C12H20BrNS. The summed E-state index contributed by atoms with van der Waals surface area (Å²) in [6.07, 6.45) is 1.12. The van der Waals surface area contributed by atoms with Gasteiger partial charge in [-0.2, -0.15) is 0 Å². The van der Waals surface area contributed by atoms with Crippen LogP contribution in [-0.4, -0.2) is 12.6 Å². The molecule has 86 valence electrons. The summed E-state index contributed by atoms with van der Waals surface area (Å²) in [5.74, 6) is 0. The number of halogens is 1. The van der Waals surface area contributed by atoms with Crippen LogP contribution in [0.2, 0.25) is 0 Å². The van der Waals surface area contributed by atoms with Crippen molar-refractivity contribution >= 4 is 27.3 Å². The van der Waals surface area contributed by atoms with Gasteiger partial charge in [0, 0.05) is 10.9 Å². The van der Waals surface area contributed by atoms with Crippen LogP contribution in [0.15, 0.2) is 15.9 Å². The fourth-order valence-electron chi connectivity index (χ4n) is 1.59. The molecule has 1 unspecified atom stereocenters. The van der Waals surface area contributed by atoms with E-state index in [1.807, 2.05) is 11.3 Å². The predicted molar refractivity (Wildman–Crippen MR) is 72.6 cm³/mol. The third kappa shape index (κ3) is 4.25. The Morgan fingerprint density at radius 1 is 1.40 bits per heavy atom. The second-order valence-electron chi connectivity index (χ2n) is 4.89. The average molecular weight is 290 g/mol. The first-order valence-electron chi connectivity index (χ1n) is 5.41. The highest BCUT2D eigenvalue weighted by Gasteiger charge is 2.24. The zero-order chi connectivity index (χ0) is 11.5. The van der Waals surface area contributed by atoms with Gasteiger partial charge in [-0.3, -0.25) is 0 Å². The third-order valence-electron chi connectivity index (χ3n) is 2.53. The summed E-state index contributed by atoms with van der Waals surface area (Å²) in [4.78, 5) is 1.45. The molecule has 15 heavy (non-hydrogen) atoms. The molecule has 0 aliphatic rings. The maximum absolute atomic E-state index is 3.57. The fourth-order valence-corrected chi connectivity index (χ4v) is 3.12. The Hall–Kier alpha value is 0.140. The molecule has 1 rings (SSSR count). The summed E-state index contributed by atoms with van der Waals surface area (Å²) in [6.45, 7) is 10.1. The van der Waals surface area contributed by atoms with Crippen LogP contribution >= 0.6 is 27.3 Å². The summed E-state index contributed by atoms with van der Waals surface area (Å²) in [5.41, 5.74) is 0.312. The van der Waals surface area contributed by atoms with Crippen molar-refractivity contribution in [2.24, 2.45) is 5.41 Å². The summed E-state index contributed by atoms with van der Waals surface area (Å²) in [5, 5.41) is 3.57. The molecule has 1 aromatic heterocycles. The van der Waals surface area contributed by atoms with Crippen LogP contribution in [-0.2, 0) is 6.42 Å². The molecule has 1 aromatic rings. The molecule has 0 aliphatic heterocycles. The Bertz CT molecular complexity index is 301. The van der Waals surface area contributed by atoms with Gasteiger partial charge in [0.25, 0.3) is 0 Å². The van der Waals surface area contributed by atoms with Crippen molar-refractivity contribution in [1.82, 2.24) is 5.32 Å². The average Bonchev–Trinajstić information content (AvgIpc) is 2.49. The van der Waals surface area contributed by atoms with Gasteiger partial charge in [-0.05, 0) is 46.4 Å². The molecule has 1 nitrogen and oxygen atoms in total. The van der Waals surface area contributed by atoms with Crippen molar-refractivity contribution in [3.63, 3.8) is 0 Å². The lowest BCUT2D eigenvalue weighted by atomic mass is 9.84. The standard InChI is InChI=1S/C12H20BrNS/c1-5-14-10(12(2,3)4)8-9-6-7-11(13)15-9/h6-7,10,14H,5,8H2,1-4H3. The van der Waals surface area contributed by atoms with E-state index in [2.05, 4.69) is 61.1 Å². The summed E-state index contributed by atoms with van der Waals surface area (Å²) in [6, 6.07) is 4.89. The Kier molecular flexibility index (Phi) is 4.81. The van der Waals surface area contributed by atoms with E-state index >= 15 is 0 Å². The summed E-state index contributed by atoms with van der Waals surface area (Å²) >= 11 is 5.34. The minimum atomic E-state index is 0.312. The summed E-state index contributed by atoms with van der Waals surface area (Å²) < 4.78 is 1.22. The van der Waals surface area contributed by atoms with Crippen molar-refractivity contribution in [2.45, 2.75) is 40.2 Å². The van der Waals surface area contributed by atoms with E-state index in [1.54, 1.807) is 0 Å². The second-order valence-corrected chi connectivity index (χ2v) is 7.43. The van der Waals surface area contributed by atoms with E-state index < -0.39 is 0 Å². The summed E-state index contributed by atoms with van der Waals surface area (Å²) in [7, 11) is 0. The number of thiophene rings is 1. The topological polar surface area (TPSA) is 12.0 Å². The van der Waals surface area contributed by atoms with Gasteiger partial charge in [0.05, 0.1) is 3.79 Å². The Labute approximate surface area is 105 Å². The highest BCUT2D eigenvalue weighted by Crippen LogP contribution is 2.28. The van der Waals surface area contributed by atoms with Crippen molar-refractivity contribution in [1.29, 1.82) is 0 Å². The van der Waals surface area contributed by atoms with Crippen LogP contribution in [0, 0.1) is 5.41 Å². The maximum Gasteiger partial charge on any atom is 0.0701 e. The lowest BCUT2D eigenvalue weighted by Gasteiger charge is -2.31. The molecule has 0 aromatic carbocycles.